The number of carbonyl (C=O) groups excluding carboxylic acids is 3. The summed E-state index contributed by atoms with van der Waals surface area (Å²) in [5, 5.41) is 0. The Morgan fingerprint density at radius 2 is 1.81 bits per heavy atom. The van der Waals surface area contributed by atoms with Crippen molar-refractivity contribution in [2.45, 2.75) is 44.3 Å². The second-order valence-corrected chi connectivity index (χ2v) is 7.47. The largest absolute Gasteiger partial charge is 0.453 e. The van der Waals surface area contributed by atoms with Crippen LogP contribution < -0.4 is 0 Å². The van der Waals surface area contributed by atoms with Gasteiger partial charge in [-0.15, -0.1) is 0 Å². The second kappa shape index (κ2) is 7.21. The average molecular weight is 371 g/mol. The summed E-state index contributed by atoms with van der Waals surface area (Å²) in [6, 6.07) is 7.51. The molecule has 7 nitrogen and oxygen atoms in total. The number of hydrogen-bond donors (Lipinski definition) is 0. The number of nitrogens with zero attached hydrogens (tertiary/aromatic N) is 3. The number of benzene rings is 1. The highest BCUT2D eigenvalue weighted by molar-refractivity contribution is 5.98. The number of hydrogen-bond acceptors (Lipinski definition) is 4. The predicted octanol–water partition coefficient (Wildman–Crippen LogP) is 1.86. The van der Waals surface area contributed by atoms with Crippen LogP contribution in [0, 0.1) is 0 Å². The Hall–Kier alpha value is -2.57. The first kappa shape index (κ1) is 17.8. The maximum absolute atomic E-state index is 12.9. The molecule has 1 unspecified atom stereocenters. The Bertz CT molecular complexity index is 757. The molecule has 0 aromatic heterocycles. The van der Waals surface area contributed by atoms with E-state index < -0.39 is 12.1 Å². The van der Waals surface area contributed by atoms with Gasteiger partial charge in [-0.2, -0.15) is 0 Å². The summed E-state index contributed by atoms with van der Waals surface area (Å²) in [4.78, 5) is 42.8. The Kier molecular flexibility index (Phi) is 4.76. The van der Waals surface area contributed by atoms with Gasteiger partial charge in [0.1, 0.15) is 6.04 Å². The third-order valence-electron chi connectivity index (χ3n) is 6.01. The van der Waals surface area contributed by atoms with E-state index >= 15 is 0 Å². The number of piperidine rings is 1. The van der Waals surface area contributed by atoms with Crippen LogP contribution in [0.4, 0.5) is 4.79 Å². The van der Waals surface area contributed by atoms with Gasteiger partial charge in [0.05, 0.1) is 7.11 Å². The van der Waals surface area contributed by atoms with Crippen molar-refractivity contribution in [2.24, 2.45) is 0 Å². The molecule has 27 heavy (non-hydrogen) atoms. The Balaban J connectivity index is 1.36. The van der Waals surface area contributed by atoms with Gasteiger partial charge in [0.15, 0.2) is 0 Å². The first-order valence-electron chi connectivity index (χ1n) is 9.62. The minimum absolute atomic E-state index is 0.00684. The monoisotopic (exact) mass is 371 g/mol. The molecular weight excluding hydrogens is 346 g/mol. The molecule has 2 saturated heterocycles. The van der Waals surface area contributed by atoms with Crippen LogP contribution in [0.15, 0.2) is 24.3 Å². The average Bonchev–Trinajstić information content (AvgIpc) is 3.32. The third kappa shape index (κ3) is 3.15. The van der Waals surface area contributed by atoms with Crippen molar-refractivity contribution in [3.05, 3.63) is 35.4 Å². The molecule has 7 heteroatoms. The lowest BCUT2D eigenvalue weighted by atomic mass is 10.0. The molecule has 4 rings (SSSR count). The van der Waals surface area contributed by atoms with E-state index in [9.17, 15) is 14.4 Å². The summed E-state index contributed by atoms with van der Waals surface area (Å²) in [5.74, 6) is 0.107. The Morgan fingerprint density at radius 1 is 1.07 bits per heavy atom. The molecule has 0 aliphatic carbocycles. The molecule has 3 aliphatic rings. The standard InChI is InChI=1S/C20H25N3O4/c1-27-20(26)22-10-4-7-17(22)19(25)21-11-8-15(9-12-21)23-13-14-5-2-3-6-16(14)18(23)24/h2-3,5-6,15,17H,4,7-13H2,1H3. The summed E-state index contributed by atoms with van der Waals surface area (Å²) >= 11 is 0. The first-order chi connectivity index (χ1) is 13.1. The molecule has 0 spiro atoms. The van der Waals surface area contributed by atoms with Gasteiger partial charge in [0.25, 0.3) is 5.91 Å². The van der Waals surface area contributed by atoms with Crippen LogP contribution in [0.2, 0.25) is 0 Å². The van der Waals surface area contributed by atoms with Crippen LogP contribution in [-0.2, 0) is 16.1 Å². The van der Waals surface area contributed by atoms with Crippen molar-refractivity contribution in [1.29, 1.82) is 0 Å². The molecule has 0 saturated carbocycles. The Labute approximate surface area is 158 Å². The van der Waals surface area contributed by atoms with Crippen molar-refractivity contribution in [1.82, 2.24) is 14.7 Å². The minimum Gasteiger partial charge on any atom is -0.453 e. The van der Waals surface area contributed by atoms with E-state index in [4.69, 9.17) is 4.74 Å². The predicted molar refractivity (Wildman–Crippen MR) is 98.1 cm³/mol. The van der Waals surface area contributed by atoms with E-state index in [-0.39, 0.29) is 17.9 Å². The van der Waals surface area contributed by atoms with Crippen LogP contribution >= 0.6 is 0 Å². The van der Waals surface area contributed by atoms with Gasteiger partial charge in [-0.25, -0.2) is 4.79 Å². The summed E-state index contributed by atoms with van der Waals surface area (Å²) in [6.45, 7) is 2.47. The zero-order valence-electron chi connectivity index (χ0n) is 15.6. The minimum atomic E-state index is -0.429. The van der Waals surface area contributed by atoms with Crippen molar-refractivity contribution in [2.75, 3.05) is 26.7 Å². The highest BCUT2D eigenvalue weighted by Gasteiger charge is 2.40. The maximum Gasteiger partial charge on any atom is 0.410 e. The van der Waals surface area contributed by atoms with E-state index in [1.807, 2.05) is 34.1 Å². The molecule has 144 valence electrons. The molecule has 3 aliphatic heterocycles. The van der Waals surface area contributed by atoms with Gasteiger partial charge >= 0.3 is 6.09 Å². The molecule has 2 fully saturated rings. The molecular formula is C20H25N3O4. The quantitative estimate of drug-likeness (QED) is 0.796. The van der Waals surface area contributed by atoms with E-state index in [0.717, 1.165) is 30.4 Å². The summed E-state index contributed by atoms with van der Waals surface area (Å²) < 4.78 is 4.80. The Morgan fingerprint density at radius 3 is 2.52 bits per heavy atom. The van der Waals surface area contributed by atoms with E-state index in [1.54, 1.807) is 0 Å². The zero-order chi connectivity index (χ0) is 19.0. The lowest BCUT2D eigenvalue weighted by Crippen LogP contribution is -2.52. The van der Waals surface area contributed by atoms with Gasteiger partial charge in [0.2, 0.25) is 5.91 Å². The molecule has 1 atom stereocenters. The maximum atomic E-state index is 12.9. The number of methoxy groups -OCH3 is 1. The van der Waals surface area contributed by atoms with Gasteiger partial charge in [-0.1, -0.05) is 18.2 Å². The smallest absolute Gasteiger partial charge is 0.410 e. The number of amides is 3. The van der Waals surface area contributed by atoms with Crippen LogP contribution in [0.25, 0.3) is 0 Å². The van der Waals surface area contributed by atoms with Gasteiger partial charge in [-0.05, 0) is 37.3 Å². The summed E-state index contributed by atoms with van der Waals surface area (Å²) in [5.41, 5.74) is 1.89. The third-order valence-corrected chi connectivity index (χ3v) is 6.01. The molecule has 0 N–H and O–H groups in total. The normalized spacial score (nSPS) is 22.9. The van der Waals surface area contributed by atoms with Crippen molar-refractivity contribution >= 4 is 17.9 Å². The number of fused-ring (bicyclic) bond motifs is 1. The summed E-state index contributed by atoms with van der Waals surface area (Å²) in [6.07, 6.45) is 2.63. The van der Waals surface area contributed by atoms with Crippen LogP contribution in [0.3, 0.4) is 0 Å². The number of likely N-dealkylation sites (tertiary alicyclic amines) is 2. The van der Waals surface area contributed by atoms with Crippen LogP contribution in [0.5, 0.6) is 0 Å². The highest BCUT2D eigenvalue weighted by Crippen LogP contribution is 2.29. The fourth-order valence-corrected chi connectivity index (χ4v) is 4.54. The lowest BCUT2D eigenvalue weighted by molar-refractivity contribution is -0.137. The van der Waals surface area contributed by atoms with E-state index in [0.29, 0.717) is 32.6 Å². The summed E-state index contributed by atoms with van der Waals surface area (Å²) in [7, 11) is 1.35. The van der Waals surface area contributed by atoms with Crippen molar-refractivity contribution in [3.8, 4) is 0 Å². The first-order valence-corrected chi connectivity index (χ1v) is 9.62. The van der Waals surface area contributed by atoms with Gasteiger partial charge < -0.3 is 14.5 Å². The number of carbonyl (C=O) groups is 3. The van der Waals surface area contributed by atoms with Crippen LogP contribution in [0.1, 0.15) is 41.6 Å². The molecule has 3 heterocycles. The molecule has 0 bridgehead atoms. The van der Waals surface area contributed by atoms with Gasteiger partial charge in [-0.3, -0.25) is 14.5 Å². The molecule has 1 aromatic rings. The molecule has 0 radical (unpaired) electrons. The van der Waals surface area contributed by atoms with E-state index in [2.05, 4.69) is 0 Å². The fraction of sp³-hybridized carbons (Fsp3) is 0.550. The van der Waals surface area contributed by atoms with Crippen molar-refractivity contribution < 1.29 is 19.1 Å². The fourth-order valence-electron chi connectivity index (χ4n) is 4.54. The van der Waals surface area contributed by atoms with Gasteiger partial charge in [0, 0.05) is 37.8 Å². The second-order valence-electron chi connectivity index (χ2n) is 7.47. The molecule has 1 aromatic carbocycles. The van der Waals surface area contributed by atoms with E-state index in [1.165, 1.54) is 12.0 Å². The van der Waals surface area contributed by atoms with Crippen LogP contribution in [-0.4, -0.2) is 71.4 Å². The lowest BCUT2D eigenvalue weighted by Gasteiger charge is -2.38. The van der Waals surface area contributed by atoms with Crippen molar-refractivity contribution in [3.63, 3.8) is 0 Å². The number of rotatable bonds is 2. The highest BCUT2D eigenvalue weighted by atomic mass is 16.5. The zero-order valence-corrected chi connectivity index (χ0v) is 15.6. The number of ether oxygens (including phenoxy) is 1. The topological polar surface area (TPSA) is 70.2 Å². The molecule has 3 amide bonds. The SMILES string of the molecule is COC(=O)N1CCCC1C(=O)N1CCC(N2Cc3ccccc3C2=O)CC1.